The maximum absolute atomic E-state index is 12.7. The largest absolute Gasteiger partial charge is 0.444 e. The summed E-state index contributed by atoms with van der Waals surface area (Å²) in [6, 6.07) is 2.63. The molecule has 2 saturated heterocycles. The number of pyridine rings is 1. The minimum Gasteiger partial charge on any atom is -0.444 e. The van der Waals surface area contributed by atoms with Crippen LogP contribution in [0, 0.1) is 12.8 Å². The minimum absolute atomic E-state index is 0.0624. The summed E-state index contributed by atoms with van der Waals surface area (Å²) in [6.07, 6.45) is 5.73. The van der Waals surface area contributed by atoms with Gasteiger partial charge in [-0.3, -0.25) is 4.90 Å². The number of morpholine rings is 1. The van der Waals surface area contributed by atoms with Crippen molar-refractivity contribution < 1.29 is 14.3 Å². The molecule has 7 nitrogen and oxygen atoms in total. The highest BCUT2D eigenvalue weighted by atomic mass is 35.5. The first-order valence-electron chi connectivity index (χ1n) is 12.5. The van der Waals surface area contributed by atoms with E-state index in [1.54, 1.807) is 0 Å². The molecule has 1 amide bonds. The van der Waals surface area contributed by atoms with E-state index >= 15 is 0 Å². The van der Waals surface area contributed by atoms with Crippen LogP contribution in [-0.4, -0.2) is 75.8 Å². The van der Waals surface area contributed by atoms with Crippen LogP contribution in [-0.2, 0) is 9.47 Å². The highest BCUT2D eigenvalue weighted by Crippen LogP contribution is 2.35. The summed E-state index contributed by atoms with van der Waals surface area (Å²) in [7, 11) is 0. The van der Waals surface area contributed by atoms with E-state index in [1.807, 2.05) is 38.8 Å². The molecule has 4 rings (SSSR count). The summed E-state index contributed by atoms with van der Waals surface area (Å²) in [5.41, 5.74) is 1.74. The lowest BCUT2D eigenvalue weighted by Gasteiger charge is -2.47. The zero-order valence-electron chi connectivity index (χ0n) is 21.4. The van der Waals surface area contributed by atoms with E-state index < -0.39 is 5.60 Å². The molecule has 2 aliphatic heterocycles. The molecule has 0 bridgehead atoms. The topological polar surface area (TPSA) is 59.3 Å². The van der Waals surface area contributed by atoms with Gasteiger partial charge in [0, 0.05) is 37.8 Å². The van der Waals surface area contributed by atoms with Gasteiger partial charge in [0.25, 0.3) is 0 Å². The fourth-order valence-electron chi connectivity index (χ4n) is 5.17. The van der Waals surface area contributed by atoms with Crippen molar-refractivity contribution in [1.29, 1.82) is 0 Å². The van der Waals surface area contributed by atoms with Gasteiger partial charge >= 0.3 is 6.09 Å². The van der Waals surface area contributed by atoms with Gasteiger partial charge in [-0.15, -0.1) is 0 Å². The van der Waals surface area contributed by atoms with Gasteiger partial charge < -0.3 is 18.8 Å². The van der Waals surface area contributed by atoms with E-state index in [2.05, 4.69) is 40.4 Å². The normalized spacial score (nSPS) is 21.2. The summed E-state index contributed by atoms with van der Waals surface area (Å²) in [6.45, 7) is 16.1. The molecule has 34 heavy (non-hydrogen) atoms. The summed E-state index contributed by atoms with van der Waals surface area (Å²) < 4.78 is 13.5. The van der Waals surface area contributed by atoms with Crippen molar-refractivity contribution >= 4 is 23.2 Å². The van der Waals surface area contributed by atoms with Crippen LogP contribution in [0.2, 0.25) is 5.02 Å². The van der Waals surface area contributed by atoms with E-state index in [-0.39, 0.29) is 12.1 Å². The number of likely N-dealkylation sites (tertiary alicyclic amines) is 1. The van der Waals surface area contributed by atoms with E-state index in [4.69, 9.17) is 21.1 Å². The molecule has 0 spiro atoms. The second-order valence-electron chi connectivity index (χ2n) is 11.1. The zero-order chi connectivity index (χ0) is 24.6. The van der Waals surface area contributed by atoms with Crippen molar-refractivity contribution in [3.05, 3.63) is 34.9 Å². The Balaban J connectivity index is 1.37. The molecule has 0 saturated carbocycles. The standard InChI is InChI=1S/C26H39ClN4O3/c1-17(2)23(8-7-21-16-33-10-9-30(21)25(32)34-26(4,5)6)29-13-20(14-29)19-11-22(27)24-12-28-18(3)31(24)15-19/h11-12,15,17,20-21,23H,7-10,13-14,16H2,1-6H3/t21-,23?/m0/s1. The van der Waals surface area contributed by atoms with Crippen molar-refractivity contribution in [2.24, 2.45) is 5.92 Å². The Morgan fingerprint density at radius 1 is 1.32 bits per heavy atom. The van der Waals surface area contributed by atoms with Crippen LogP contribution < -0.4 is 0 Å². The van der Waals surface area contributed by atoms with Crippen molar-refractivity contribution in [3.63, 3.8) is 0 Å². The number of amides is 1. The highest BCUT2D eigenvalue weighted by Gasteiger charge is 2.37. The summed E-state index contributed by atoms with van der Waals surface area (Å²) in [5.74, 6) is 1.96. The second-order valence-corrected chi connectivity index (χ2v) is 11.5. The van der Waals surface area contributed by atoms with Crippen LogP contribution in [0.5, 0.6) is 0 Å². The van der Waals surface area contributed by atoms with E-state index in [1.165, 1.54) is 5.56 Å². The van der Waals surface area contributed by atoms with Gasteiger partial charge in [0.2, 0.25) is 0 Å². The third-order valence-electron chi connectivity index (χ3n) is 7.07. The van der Waals surface area contributed by atoms with Gasteiger partial charge in [-0.25, -0.2) is 9.78 Å². The summed E-state index contributed by atoms with van der Waals surface area (Å²) in [4.78, 5) is 21.6. The first-order chi connectivity index (χ1) is 16.0. The SMILES string of the molecule is Cc1ncc2c(Cl)cc(C3CN(C(CC[C@H]4COCCN4C(=O)OC(C)(C)C)C(C)C)C3)cn12. The third kappa shape index (κ3) is 5.52. The average molecular weight is 491 g/mol. The van der Waals surface area contributed by atoms with Gasteiger partial charge in [-0.05, 0) is 58.1 Å². The molecule has 2 aromatic heterocycles. The first-order valence-corrected chi connectivity index (χ1v) is 12.9. The molecule has 0 N–H and O–H groups in total. The van der Waals surface area contributed by atoms with E-state index in [9.17, 15) is 4.79 Å². The molecule has 0 radical (unpaired) electrons. The molecule has 0 aromatic carbocycles. The first kappa shape index (κ1) is 25.3. The van der Waals surface area contributed by atoms with Gasteiger partial charge in [-0.1, -0.05) is 25.4 Å². The molecule has 2 fully saturated rings. The molecular formula is C26H39ClN4O3. The Morgan fingerprint density at radius 3 is 2.74 bits per heavy atom. The highest BCUT2D eigenvalue weighted by molar-refractivity contribution is 6.33. The number of halogens is 1. The summed E-state index contributed by atoms with van der Waals surface area (Å²) in [5, 5.41) is 0.761. The zero-order valence-corrected chi connectivity index (χ0v) is 22.1. The maximum atomic E-state index is 12.7. The van der Waals surface area contributed by atoms with Crippen molar-refractivity contribution in [1.82, 2.24) is 19.2 Å². The monoisotopic (exact) mass is 490 g/mol. The molecule has 1 unspecified atom stereocenters. The number of hydrogen-bond acceptors (Lipinski definition) is 5. The molecule has 2 atom stereocenters. The molecular weight excluding hydrogens is 452 g/mol. The van der Waals surface area contributed by atoms with Gasteiger partial charge in [0.15, 0.2) is 0 Å². The van der Waals surface area contributed by atoms with Crippen molar-refractivity contribution in [2.75, 3.05) is 32.8 Å². The van der Waals surface area contributed by atoms with Crippen LogP contribution in [0.1, 0.15) is 64.8 Å². The fraction of sp³-hybridized carbons (Fsp3) is 0.692. The number of imidazole rings is 1. The number of aryl methyl sites for hydroxylation is 1. The lowest BCUT2D eigenvalue weighted by atomic mass is 9.86. The van der Waals surface area contributed by atoms with Crippen LogP contribution in [0.4, 0.5) is 4.79 Å². The fourth-order valence-corrected chi connectivity index (χ4v) is 5.44. The van der Waals surface area contributed by atoms with Gasteiger partial charge in [0.1, 0.15) is 11.4 Å². The van der Waals surface area contributed by atoms with Crippen LogP contribution in [0.25, 0.3) is 5.52 Å². The van der Waals surface area contributed by atoms with Crippen LogP contribution in [0.3, 0.4) is 0 Å². The number of nitrogens with zero attached hydrogens (tertiary/aromatic N) is 4. The number of carbonyl (C=O) groups is 1. The number of ether oxygens (including phenoxy) is 2. The number of carbonyl (C=O) groups excluding carboxylic acids is 1. The quantitative estimate of drug-likeness (QED) is 0.561. The molecule has 2 aliphatic rings. The van der Waals surface area contributed by atoms with Crippen LogP contribution in [0.15, 0.2) is 18.5 Å². The molecule has 2 aromatic rings. The molecule has 0 aliphatic carbocycles. The summed E-state index contributed by atoms with van der Waals surface area (Å²) >= 11 is 6.54. The number of fused-ring (bicyclic) bond motifs is 1. The average Bonchev–Trinajstić information content (AvgIpc) is 3.09. The van der Waals surface area contributed by atoms with Gasteiger partial charge in [0.05, 0.1) is 36.0 Å². The molecule has 188 valence electrons. The Morgan fingerprint density at radius 2 is 2.06 bits per heavy atom. The van der Waals surface area contributed by atoms with Crippen molar-refractivity contribution in [3.8, 4) is 0 Å². The smallest absolute Gasteiger partial charge is 0.410 e. The van der Waals surface area contributed by atoms with Crippen LogP contribution >= 0.6 is 11.6 Å². The predicted molar refractivity (Wildman–Crippen MR) is 135 cm³/mol. The molecule has 4 heterocycles. The predicted octanol–water partition coefficient (Wildman–Crippen LogP) is 5.14. The maximum Gasteiger partial charge on any atom is 0.410 e. The second kappa shape index (κ2) is 10.0. The Labute approximate surface area is 208 Å². The third-order valence-corrected chi connectivity index (χ3v) is 7.37. The minimum atomic E-state index is -0.492. The lowest BCUT2D eigenvalue weighted by molar-refractivity contribution is -0.0377. The van der Waals surface area contributed by atoms with Crippen molar-refractivity contribution in [2.45, 2.75) is 78.0 Å². The van der Waals surface area contributed by atoms with E-state index in [0.29, 0.717) is 37.6 Å². The Hall–Kier alpha value is -1.83. The van der Waals surface area contributed by atoms with Gasteiger partial charge in [-0.2, -0.15) is 0 Å². The Bertz CT molecular complexity index is 1010. The number of rotatable bonds is 6. The lowest BCUT2D eigenvalue weighted by Crippen LogP contribution is -2.54. The number of aromatic nitrogens is 2. The Kier molecular flexibility index (Phi) is 7.46. The van der Waals surface area contributed by atoms with E-state index in [0.717, 1.165) is 42.3 Å². The number of hydrogen-bond donors (Lipinski definition) is 0. The molecule has 8 heteroatoms.